The Morgan fingerprint density at radius 2 is 1.80 bits per heavy atom. The molecule has 2 aromatic rings. The van der Waals surface area contributed by atoms with E-state index >= 15 is 0 Å². The van der Waals surface area contributed by atoms with Crippen LogP contribution in [0, 0.1) is 13.8 Å². The van der Waals surface area contributed by atoms with Gasteiger partial charge in [-0.15, -0.1) is 0 Å². The Hall–Kier alpha value is -2.53. The predicted molar refractivity (Wildman–Crippen MR) is 100 cm³/mol. The maximum absolute atomic E-state index is 12.0. The number of nitrogens with one attached hydrogen (secondary N) is 1. The highest BCUT2D eigenvalue weighted by molar-refractivity contribution is 5.90. The van der Waals surface area contributed by atoms with Crippen molar-refractivity contribution in [3.05, 3.63) is 53.6 Å². The molecule has 25 heavy (non-hydrogen) atoms. The van der Waals surface area contributed by atoms with Gasteiger partial charge in [0.25, 0.3) is 0 Å². The molecular formula is C20H26N2O3. The summed E-state index contributed by atoms with van der Waals surface area (Å²) in [5.74, 6) is 1.59. The first-order chi connectivity index (χ1) is 12.1. The lowest BCUT2D eigenvalue weighted by Crippen LogP contribution is -2.13. The predicted octanol–water partition coefficient (Wildman–Crippen LogP) is 3.44. The molecule has 0 atom stereocenters. The van der Waals surface area contributed by atoms with Gasteiger partial charge in [0, 0.05) is 18.7 Å². The van der Waals surface area contributed by atoms with Gasteiger partial charge in [0.05, 0.1) is 6.61 Å². The third-order valence-corrected chi connectivity index (χ3v) is 3.66. The molecule has 0 unspecified atom stereocenters. The zero-order valence-corrected chi connectivity index (χ0v) is 14.9. The van der Waals surface area contributed by atoms with Crippen molar-refractivity contribution in [1.29, 1.82) is 0 Å². The van der Waals surface area contributed by atoms with E-state index in [0.717, 1.165) is 22.7 Å². The second-order valence-electron chi connectivity index (χ2n) is 5.93. The third kappa shape index (κ3) is 6.47. The lowest BCUT2D eigenvalue weighted by atomic mass is 10.1. The average Bonchev–Trinajstić information content (AvgIpc) is 2.59. The monoisotopic (exact) mass is 342 g/mol. The number of aryl methyl sites for hydroxylation is 2. The molecule has 5 nitrogen and oxygen atoms in total. The quantitative estimate of drug-likeness (QED) is 0.685. The van der Waals surface area contributed by atoms with Gasteiger partial charge in [-0.3, -0.25) is 4.79 Å². The fraction of sp³-hybridized carbons (Fsp3) is 0.350. The van der Waals surface area contributed by atoms with Gasteiger partial charge in [0.1, 0.15) is 18.1 Å². The minimum absolute atomic E-state index is 0.0279. The Kier molecular flexibility index (Phi) is 7.29. The van der Waals surface area contributed by atoms with Gasteiger partial charge < -0.3 is 20.5 Å². The van der Waals surface area contributed by atoms with Gasteiger partial charge in [-0.25, -0.2) is 0 Å². The van der Waals surface area contributed by atoms with Crippen LogP contribution in [0.5, 0.6) is 11.5 Å². The molecule has 134 valence electrons. The van der Waals surface area contributed by atoms with Crippen molar-refractivity contribution in [2.75, 3.05) is 25.1 Å². The van der Waals surface area contributed by atoms with Crippen molar-refractivity contribution in [3.63, 3.8) is 0 Å². The summed E-state index contributed by atoms with van der Waals surface area (Å²) in [7, 11) is 0. The van der Waals surface area contributed by atoms with Crippen molar-refractivity contribution >= 4 is 11.6 Å². The fourth-order valence-corrected chi connectivity index (χ4v) is 2.41. The Morgan fingerprint density at radius 1 is 1.04 bits per heavy atom. The van der Waals surface area contributed by atoms with E-state index in [1.54, 1.807) is 0 Å². The van der Waals surface area contributed by atoms with E-state index in [4.69, 9.17) is 15.2 Å². The molecule has 0 fully saturated rings. The third-order valence-electron chi connectivity index (χ3n) is 3.66. The van der Waals surface area contributed by atoms with Crippen LogP contribution in [0.1, 0.15) is 24.0 Å². The number of carbonyl (C=O) groups is 1. The molecule has 0 bridgehead atoms. The minimum atomic E-state index is -0.0279. The molecule has 2 aromatic carbocycles. The highest BCUT2D eigenvalue weighted by atomic mass is 16.5. The Labute approximate surface area is 149 Å². The molecule has 0 spiro atoms. The SMILES string of the molecule is Cc1ccc(OCCCC(=O)Nc2ccc(OCCN)cc2)c(C)c1. The largest absolute Gasteiger partial charge is 0.493 e. The molecule has 0 saturated carbocycles. The van der Waals surface area contributed by atoms with Crippen LogP contribution in [0.3, 0.4) is 0 Å². The molecular weight excluding hydrogens is 316 g/mol. The molecule has 0 aliphatic rings. The zero-order valence-electron chi connectivity index (χ0n) is 14.9. The summed E-state index contributed by atoms with van der Waals surface area (Å²) in [5.41, 5.74) is 8.46. The van der Waals surface area contributed by atoms with E-state index in [1.807, 2.05) is 43.3 Å². The molecule has 0 aliphatic carbocycles. The van der Waals surface area contributed by atoms with Crippen molar-refractivity contribution in [1.82, 2.24) is 0 Å². The van der Waals surface area contributed by atoms with E-state index in [0.29, 0.717) is 32.6 Å². The number of rotatable bonds is 9. The second kappa shape index (κ2) is 9.69. The van der Waals surface area contributed by atoms with E-state index in [9.17, 15) is 4.79 Å². The van der Waals surface area contributed by atoms with Gasteiger partial charge >= 0.3 is 0 Å². The summed E-state index contributed by atoms with van der Waals surface area (Å²) < 4.78 is 11.1. The summed E-state index contributed by atoms with van der Waals surface area (Å²) in [6.45, 7) is 5.55. The maximum Gasteiger partial charge on any atom is 0.224 e. The van der Waals surface area contributed by atoms with Crippen LogP contribution in [-0.2, 0) is 4.79 Å². The van der Waals surface area contributed by atoms with Crippen molar-refractivity contribution < 1.29 is 14.3 Å². The highest BCUT2D eigenvalue weighted by Crippen LogP contribution is 2.19. The number of anilines is 1. The first-order valence-electron chi connectivity index (χ1n) is 8.51. The number of hydrogen-bond acceptors (Lipinski definition) is 4. The van der Waals surface area contributed by atoms with Crippen LogP contribution in [0.15, 0.2) is 42.5 Å². The van der Waals surface area contributed by atoms with Crippen LogP contribution < -0.4 is 20.5 Å². The summed E-state index contributed by atoms with van der Waals surface area (Å²) in [5, 5.41) is 2.87. The first-order valence-corrected chi connectivity index (χ1v) is 8.51. The summed E-state index contributed by atoms with van der Waals surface area (Å²) in [4.78, 5) is 12.0. The summed E-state index contributed by atoms with van der Waals surface area (Å²) in [6.07, 6.45) is 1.08. The highest BCUT2D eigenvalue weighted by Gasteiger charge is 2.04. The van der Waals surface area contributed by atoms with Crippen molar-refractivity contribution in [3.8, 4) is 11.5 Å². The smallest absolute Gasteiger partial charge is 0.224 e. The van der Waals surface area contributed by atoms with Crippen LogP contribution in [0.25, 0.3) is 0 Å². The molecule has 2 rings (SSSR count). The van der Waals surface area contributed by atoms with Crippen LogP contribution >= 0.6 is 0 Å². The van der Waals surface area contributed by atoms with E-state index in [-0.39, 0.29) is 5.91 Å². The number of carbonyl (C=O) groups excluding carboxylic acids is 1. The Morgan fingerprint density at radius 3 is 2.48 bits per heavy atom. The van der Waals surface area contributed by atoms with E-state index < -0.39 is 0 Å². The summed E-state index contributed by atoms with van der Waals surface area (Å²) >= 11 is 0. The van der Waals surface area contributed by atoms with Crippen molar-refractivity contribution in [2.45, 2.75) is 26.7 Å². The van der Waals surface area contributed by atoms with Crippen molar-refractivity contribution in [2.24, 2.45) is 5.73 Å². The fourth-order valence-electron chi connectivity index (χ4n) is 2.41. The van der Waals surface area contributed by atoms with Gasteiger partial charge in [-0.1, -0.05) is 17.7 Å². The minimum Gasteiger partial charge on any atom is -0.493 e. The zero-order chi connectivity index (χ0) is 18.1. The van der Waals surface area contributed by atoms with Gasteiger partial charge in [0.2, 0.25) is 5.91 Å². The van der Waals surface area contributed by atoms with Gasteiger partial charge in [0.15, 0.2) is 0 Å². The normalized spacial score (nSPS) is 10.4. The van der Waals surface area contributed by atoms with Crippen LogP contribution in [0.2, 0.25) is 0 Å². The number of nitrogens with two attached hydrogens (primary N) is 1. The van der Waals surface area contributed by atoms with Gasteiger partial charge in [-0.2, -0.15) is 0 Å². The molecule has 0 aromatic heterocycles. The maximum atomic E-state index is 12.0. The average molecular weight is 342 g/mol. The Bertz CT molecular complexity index is 684. The Balaban J connectivity index is 1.70. The second-order valence-corrected chi connectivity index (χ2v) is 5.93. The van der Waals surface area contributed by atoms with E-state index in [1.165, 1.54) is 5.56 Å². The summed E-state index contributed by atoms with van der Waals surface area (Å²) in [6, 6.07) is 13.3. The topological polar surface area (TPSA) is 73.6 Å². The number of ether oxygens (including phenoxy) is 2. The molecule has 0 radical (unpaired) electrons. The lowest BCUT2D eigenvalue weighted by Gasteiger charge is -2.10. The number of amides is 1. The molecule has 0 saturated heterocycles. The number of hydrogen-bond donors (Lipinski definition) is 2. The van der Waals surface area contributed by atoms with Crippen LogP contribution in [-0.4, -0.2) is 25.7 Å². The number of benzene rings is 2. The molecule has 5 heteroatoms. The molecule has 0 heterocycles. The van der Waals surface area contributed by atoms with E-state index in [2.05, 4.69) is 18.3 Å². The standard InChI is InChI=1S/C20H26N2O3/c1-15-5-10-19(16(2)14-15)25-12-3-4-20(23)22-17-6-8-18(9-7-17)24-13-11-21/h5-10,14H,3-4,11-13,21H2,1-2H3,(H,22,23). The molecule has 3 N–H and O–H groups in total. The van der Waals surface area contributed by atoms with Gasteiger partial charge in [-0.05, 0) is 56.2 Å². The van der Waals surface area contributed by atoms with Crippen LogP contribution in [0.4, 0.5) is 5.69 Å². The molecule has 1 amide bonds. The first kappa shape index (κ1) is 18.8. The molecule has 0 aliphatic heterocycles. The lowest BCUT2D eigenvalue weighted by molar-refractivity contribution is -0.116.